The first-order valence-electron chi connectivity index (χ1n) is 9.66. The Kier molecular flexibility index (Phi) is 7.41. The van der Waals surface area contributed by atoms with Crippen molar-refractivity contribution in [1.82, 2.24) is 0 Å². The Balaban J connectivity index is 1.94. The van der Waals surface area contributed by atoms with Crippen molar-refractivity contribution in [3.05, 3.63) is 70.7 Å². The van der Waals surface area contributed by atoms with Crippen LogP contribution in [-0.2, 0) is 19.6 Å². The molecule has 1 unspecified atom stereocenters. The molecule has 31 heavy (non-hydrogen) atoms. The van der Waals surface area contributed by atoms with Crippen molar-refractivity contribution < 1.29 is 22.7 Å². The van der Waals surface area contributed by atoms with Crippen LogP contribution in [0.3, 0.4) is 0 Å². The number of carbonyl (C=O) groups excluding carboxylic acids is 2. The molecule has 0 saturated heterocycles. The molecule has 1 aliphatic rings. The normalized spacial score (nSPS) is 16.6. The SMILES string of the molecule is C=CCN(c1ccc(Cl)cc1)S(=O)(=O)c1cc(C(=O)OC2CCCCC2=O)ccc1Cl. The first kappa shape index (κ1) is 23.3. The highest BCUT2D eigenvalue weighted by molar-refractivity contribution is 7.93. The fourth-order valence-electron chi connectivity index (χ4n) is 3.29. The zero-order valence-corrected chi connectivity index (χ0v) is 18.9. The van der Waals surface area contributed by atoms with Gasteiger partial charge in [-0.15, -0.1) is 6.58 Å². The topological polar surface area (TPSA) is 80.8 Å². The van der Waals surface area contributed by atoms with Crippen LogP contribution >= 0.6 is 23.2 Å². The fraction of sp³-hybridized carbons (Fsp3) is 0.273. The number of hydrogen-bond acceptors (Lipinski definition) is 5. The molecule has 0 aliphatic heterocycles. The molecular weight excluding hydrogens is 461 g/mol. The lowest BCUT2D eigenvalue weighted by Crippen LogP contribution is -2.32. The molecule has 0 spiro atoms. The first-order chi connectivity index (χ1) is 14.7. The highest BCUT2D eigenvalue weighted by Gasteiger charge is 2.30. The molecule has 0 radical (unpaired) electrons. The van der Waals surface area contributed by atoms with E-state index >= 15 is 0 Å². The van der Waals surface area contributed by atoms with E-state index in [9.17, 15) is 18.0 Å². The molecule has 2 aromatic rings. The van der Waals surface area contributed by atoms with Crippen molar-refractivity contribution in [1.29, 1.82) is 0 Å². The van der Waals surface area contributed by atoms with Crippen LogP contribution in [0.1, 0.15) is 36.0 Å². The molecule has 1 fully saturated rings. The van der Waals surface area contributed by atoms with Crippen LogP contribution < -0.4 is 4.31 Å². The summed E-state index contributed by atoms with van der Waals surface area (Å²) in [6.45, 7) is 3.60. The molecule has 3 rings (SSSR count). The zero-order chi connectivity index (χ0) is 22.6. The summed E-state index contributed by atoms with van der Waals surface area (Å²) in [7, 11) is -4.15. The van der Waals surface area contributed by atoms with Crippen molar-refractivity contribution in [2.24, 2.45) is 0 Å². The Morgan fingerprint density at radius 1 is 1.16 bits per heavy atom. The van der Waals surface area contributed by atoms with Gasteiger partial charge in [0.2, 0.25) is 0 Å². The van der Waals surface area contributed by atoms with Crippen LogP contribution in [0.5, 0.6) is 0 Å². The monoisotopic (exact) mass is 481 g/mol. The van der Waals surface area contributed by atoms with Gasteiger partial charge in [-0.3, -0.25) is 9.10 Å². The summed E-state index contributed by atoms with van der Waals surface area (Å²) in [5.41, 5.74) is 0.358. The maximum Gasteiger partial charge on any atom is 0.338 e. The number of sulfonamides is 1. The largest absolute Gasteiger partial charge is 0.451 e. The van der Waals surface area contributed by atoms with Gasteiger partial charge in [0, 0.05) is 11.4 Å². The number of ketones is 1. The van der Waals surface area contributed by atoms with E-state index in [2.05, 4.69) is 6.58 Å². The van der Waals surface area contributed by atoms with Crippen LogP contribution in [0.25, 0.3) is 0 Å². The van der Waals surface area contributed by atoms with Gasteiger partial charge in [0.05, 0.1) is 22.8 Å². The summed E-state index contributed by atoms with van der Waals surface area (Å²) >= 11 is 12.1. The lowest BCUT2D eigenvalue weighted by molar-refractivity contribution is -0.129. The van der Waals surface area contributed by atoms with Gasteiger partial charge in [-0.1, -0.05) is 29.3 Å². The number of carbonyl (C=O) groups is 2. The standard InChI is InChI=1S/C22H21Cl2NO5S/c1-2-13-25(17-10-8-16(23)9-11-17)31(28,29)21-14-15(7-12-18(21)24)22(27)30-20-6-4-3-5-19(20)26/h2,7-12,14,20H,1,3-6,13H2. The molecule has 1 atom stereocenters. The van der Waals surface area contributed by atoms with Crippen molar-refractivity contribution in [3.8, 4) is 0 Å². The van der Waals surface area contributed by atoms with Crippen LogP contribution in [0.15, 0.2) is 60.0 Å². The van der Waals surface area contributed by atoms with E-state index in [0.29, 0.717) is 23.6 Å². The Labute approximate surface area is 191 Å². The molecule has 0 heterocycles. The number of benzene rings is 2. The number of anilines is 1. The molecule has 9 heteroatoms. The van der Waals surface area contributed by atoms with E-state index < -0.39 is 22.1 Å². The Hall–Kier alpha value is -2.35. The van der Waals surface area contributed by atoms with Gasteiger partial charge < -0.3 is 4.74 Å². The lowest BCUT2D eigenvalue weighted by atomic mass is 9.96. The number of rotatable bonds is 7. The number of Topliss-reactive ketones (excluding diaryl/α,β-unsaturated/α-hetero) is 1. The molecular formula is C22H21Cl2NO5S. The predicted octanol–water partition coefficient (Wildman–Crippen LogP) is 5.04. The molecule has 1 saturated carbocycles. The van der Waals surface area contributed by atoms with Gasteiger partial charge in [-0.2, -0.15) is 0 Å². The summed E-state index contributed by atoms with van der Waals surface area (Å²) in [4.78, 5) is 24.3. The highest BCUT2D eigenvalue weighted by atomic mass is 35.5. The minimum atomic E-state index is -4.15. The molecule has 0 N–H and O–H groups in total. The number of ether oxygens (including phenoxy) is 1. The van der Waals surface area contributed by atoms with Crippen molar-refractivity contribution >= 4 is 50.7 Å². The number of esters is 1. The van der Waals surface area contributed by atoms with Gasteiger partial charge in [-0.25, -0.2) is 13.2 Å². The molecule has 164 valence electrons. The highest BCUT2D eigenvalue weighted by Crippen LogP contribution is 2.30. The van der Waals surface area contributed by atoms with E-state index in [0.717, 1.165) is 17.1 Å². The minimum Gasteiger partial charge on any atom is -0.451 e. The quantitative estimate of drug-likeness (QED) is 0.408. The van der Waals surface area contributed by atoms with Crippen LogP contribution in [0.4, 0.5) is 5.69 Å². The van der Waals surface area contributed by atoms with E-state index in [4.69, 9.17) is 27.9 Å². The number of nitrogens with zero attached hydrogens (tertiary/aromatic N) is 1. The molecule has 0 aromatic heterocycles. The summed E-state index contributed by atoms with van der Waals surface area (Å²) in [6, 6.07) is 10.1. The third kappa shape index (κ3) is 5.29. The van der Waals surface area contributed by atoms with E-state index in [1.807, 2.05) is 0 Å². The van der Waals surface area contributed by atoms with Crippen LogP contribution in [-0.4, -0.2) is 32.8 Å². The summed E-state index contributed by atoms with van der Waals surface area (Å²) < 4.78 is 33.2. The zero-order valence-electron chi connectivity index (χ0n) is 16.6. The van der Waals surface area contributed by atoms with Crippen molar-refractivity contribution in [2.75, 3.05) is 10.8 Å². The first-order valence-corrected chi connectivity index (χ1v) is 11.9. The van der Waals surface area contributed by atoms with Crippen LogP contribution in [0.2, 0.25) is 10.0 Å². The average molecular weight is 482 g/mol. The molecule has 1 aliphatic carbocycles. The third-order valence-corrected chi connectivity index (χ3v) is 7.42. The smallest absolute Gasteiger partial charge is 0.338 e. The Bertz CT molecular complexity index is 1100. The van der Waals surface area contributed by atoms with Crippen molar-refractivity contribution in [3.63, 3.8) is 0 Å². The van der Waals surface area contributed by atoms with Crippen LogP contribution in [0, 0.1) is 0 Å². The van der Waals surface area contributed by atoms with E-state index in [1.165, 1.54) is 24.3 Å². The predicted molar refractivity (Wildman–Crippen MR) is 120 cm³/mol. The summed E-state index contributed by atoms with van der Waals surface area (Å²) in [5, 5.41) is 0.410. The second-order valence-electron chi connectivity index (χ2n) is 7.05. The van der Waals surface area contributed by atoms with E-state index in [1.54, 1.807) is 24.3 Å². The lowest BCUT2D eigenvalue weighted by Gasteiger charge is -2.24. The van der Waals surface area contributed by atoms with Gasteiger partial charge in [0.1, 0.15) is 4.90 Å². The molecule has 0 bridgehead atoms. The maximum absolute atomic E-state index is 13.4. The Morgan fingerprint density at radius 2 is 1.87 bits per heavy atom. The van der Waals surface area contributed by atoms with Crippen molar-refractivity contribution in [2.45, 2.75) is 36.7 Å². The number of halogens is 2. The minimum absolute atomic E-state index is 0.00370. The fourth-order valence-corrected chi connectivity index (χ4v) is 5.35. The van der Waals surface area contributed by atoms with E-state index in [-0.39, 0.29) is 27.8 Å². The summed E-state index contributed by atoms with van der Waals surface area (Å²) in [5.74, 6) is -0.892. The number of hydrogen-bond donors (Lipinski definition) is 0. The molecule has 0 amide bonds. The van der Waals surface area contributed by atoms with Gasteiger partial charge >= 0.3 is 5.97 Å². The molecule has 2 aromatic carbocycles. The summed E-state index contributed by atoms with van der Waals surface area (Å²) in [6.07, 6.45) is 3.04. The molecule has 6 nitrogen and oxygen atoms in total. The third-order valence-electron chi connectivity index (χ3n) is 4.89. The van der Waals surface area contributed by atoms with Gasteiger partial charge in [-0.05, 0) is 61.7 Å². The Morgan fingerprint density at radius 3 is 2.52 bits per heavy atom. The van der Waals surface area contributed by atoms with Gasteiger partial charge in [0.25, 0.3) is 10.0 Å². The van der Waals surface area contributed by atoms with Gasteiger partial charge in [0.15, 0.2) is 11.9 Å². The maximum atomic E-state index is 13.4. The second kappa shape index (κ2) is 9.85. The second-order valence-corrected chi connectivity index (χ2v) is 9.73. The average Bonchev–Trinajstić information content (AvgIpc) is 2.74.